The molecule has 1 heterocycles. The average Bonchev–Trinajstić information content (AvgIpc) is 2.04. The molecule has 1 fully saturated rings. The molecule has 0 N–H and O–H groups in total. The van der Waals surface area contributed by atoms with Crippen LogP contribution in [0.15, 0.2) is 0 Å². The first-order chi connectivity index (χ1) is 5.63. The van der Waals surface area contributed by atoms with Crippen LogP contribution in [-0.2, 0) is 0 Å². The standard InChI is InChI=1S/C6H12B6/c1-6-4-2-3-5-10(6)12(9)11(7)8/h6H,2-5H2,1H3/t6-/m0/s1. The van der Waals surface area contributed by atoms with Crippen LogP contribution in [0, 0.1) is 0 Å². The Morgan fingerprint density at radius 3 is 2.42 bits per heavy atom. The molecular formula is C6H12B6. The highest BCUT2D eigenvalue weighted by Crippen LogP contribution is 2.29. The maximum Gasteiger partial charge on any atom is 0.0938 e. The zero-order valence-electron chi connectivity index (χ0n) is 7.87. The minimum Gasteiger partial charge on any atom is -0.0815 e. The van der Waals surface area contributed by atoms with Crippen molar-refractivity contribution in [3.8, 4) is 0 Å². The summed E-state index contributed by atoms with van der Waals surface area (Å²) in [6.07, 6.45) is 4.74. The zero-order chi connectivity index (χ0) is 9.14. The topological polar surface area (TPSA) is 0 Å². The number of hydrogen-bond acceptors (Lipinski definition) is 0. The minimum absolute atomic E-state index is 0.0136. The molecule has 0 unspecified atom stereocenters. The van der Waals surface area contributed by atoms with E-state index in [1.165, 1.54) is 25.6 Å². The van der Waals surface area contributed by atoms with Crippen molar-refractivity contribution >= 4 is 42.6 Å². The smallest absolute Gasteiger partial charge is 0.0815 e. The highest BCUT2D eigenvalue weighted by Gasteiger charge is 2.31. The molecule has 6 heteroatoms. The molecule has 54 valence electrons. The van der Waals surface area contributed by atoms with Crippen LogP contribution in [0.1, 0.15) is 26.2 Å². The molecule has 0 bridgehead atoms. The molecular weight excluding hydrogens is 137 g/mol. The third-order valence-corrected chi connectivity index (χ3v) is 3.12. The SMILES string of the molecule is [B]B([B])B([B])B1CCCC[C@@H]1C. The van der Waals surface area contributed by atoms with Crippen molar-refractivity contribution in [2.75, 3.05) is 0 Å². The van der Waals surface area contributed by atoms with E-state index in [2.05, 4.69) is 6.92 Å². The van der Waals surface area contributed by atoms with Crippen LogP contribution in [0.4, 0.5) is 0 Å². The predicted octanol–water partition coefficient (Wildman–Crippen LogP) is 0.197. The Hall–Kier alpha value is 0.390. The summed E-state index contributed by atoms with van der Waals surface area (Å²) in [7, 11) is 17.1. The molecule has 0 nitrogen and oxygen atoms in total. The second kappa shape index (κ2) is 4.58. The Morgan fingerprint density at radius 1 is 1.25 bits per heavy atom. The van der Waals surface area contributed by atoms with E-state index in [1.807, 2.05) is 0 Å². The third-order valence-electron chi connectivity index (χ3n) is 3.12. The van der Waals surface area contributed by atoms with E-state index >= 15 is 0 Å². The van der Waals surface area contributed by atoms with E-state index in [0.717, 1.165) is 0 Å². The van der Waals surface area contributed by atoms with Gasteiger partial charge in [0.25, 0.3) is 0 Å². The van der Waals surface area contributed by atoms with Crippen LogP contribution >= 0.6 is 0 Å². The normalized spacial score (nSPS) is 23.8. The molecule has 0 aromatic heterocycles. The first-order valence-electron chi connectivity index (χ1n) is 4.89. The van der Waals surface area contributed by atoms with E-state index in [0.29, 0.717) is 12.4 Å². The molecule has 1 aliphatic rings. The molecule has 1 atom stereocenters. The van der Waals surface area contributed by atoms with Gasteiger partial charge in [-0.15, -0.1) is 0 Å². The Balaban J connectivity index is 2.47. The number of rotatable bonds is 2. The lowest BCUT2D eigenvalue weighted by molar-refractivity contribution is 0.654. The van der Waals surface area contributed by atoms with Crippen molar-refractivity contribution in [3.63, 3.8) is 0 Å². The largest absolute Gasteiger partial charge is 0.0938 e. The first kappa shape index (κ1) is 10.5. The van der Waals surface area contributed by atoms with Gasteiger partial charge in [-0.2, -0.15) is 0 Å². The summed E-state index contributed by atoms with van der Waals surface area (Å²) < 4.78 is 0. The second-order valence-corrected chi connectivity index (χ2v) is 4.08. The molecule has 0 aromatic carbocycles. The first-order valence-corrected chi connectivity index (χ1v) is 4.89. The monoisotopic (exact) mass is 150 g/mol. The van der Waals surface area contributed by atoms with Gasteiger partial charge in [-0.25, -0.2) is 0 Å². The zero-order valence-corrected chi connectivity index (χ0v) is 7.87. The van der Waals surface area contributed by atoms with Gasteiger partial charge in [-0.1, -0.05) is 38.3 Å². The molecule has 1 saturated heterocycles. The molecule has 0 aromatic rings. The Kier molecular flexibility index (Phi) is 3.99. The fourth-order valence-corrected chi connectivity index (χ4v) is 2.20. The van der Waals surface area contributed by atoms with Gasteiger partial charge in [0.1, 0.15) is 0 Å². The van der Waals surface area contributed by atoms with Gasteiger partial charge in [0.15, 0.2) is 0 Å². The van der Waals surface area contributed by atoms with E-state index in [-0.39, 0.29) is 12.8 Å². The van der Waals surface area contributed by atoms with Gasteiger partial charge < -0.3 is 0 Å². The molecule has 0 saturated carbocycles. The van der Waals surface area contributed by atoms with Gasteiger partial charge in [0, 0.05) is 36.0 Å². The Bertz CT molecular complexity index is 138. The molecule has 12 heavy (non-hydrogen) atoms. The highest BCUT2D eigenvalue weighted by molar-refractivity contribution is 7.80. The lowest BCUT2D eigenvalue weighted by Crippen LogP contribution is -2.53. The summed E-state index contributed by atoms with van der Waals surface area (Å²) in [6, 6.07) is 0. The molecule has 1 rings (SSSR count). The summed E-state index contributed by atoms with van der Waals surface area (Å²) in [6.45, 7) is 2.80. The van der Waals surface area contributed by atoms with Crippen LogP contribution in [-0.4, -0.2) is 42.6 Å². The fourth-order valence-electron chi connectivity index (χ4n) is 2.20. The van der Waals surface area contributed by atoms with Crippen LogP contribution in [0.25, 0.3) is 0 Å². The van der Waals surface area contributed by atoms with E-state index in [9.17, 15) is 0 Å². The highest BCUT2D eigenvalue weighted by atomic mass is 14.0. The molecule has 0 spiro atoms. The van der Waals surface area contributed by atoms with Crippen LogP contribution in [0.3, 0.4) is 0 Å². The summed E-state index contributed by atoms with van der Waals surface area (Å²) in [5.74, 6) is 0.698. The minimum atomic E-state index is -0.351. The van der Waals surface area contributed by atoms with Crippen molar-refractivity contribution < 1.29 is 0 Å². The van der Waals surface area contributed by atoms with Crippen LogP contribution in [0.2, 0.25) is 12.1 Å². The van der Waals surface area contributed by atoms with Crippen molar-refractivity contribution in [2.24, 2.45) is 0 Å². The molecule has 0 aliphatic carbocycles. The van der Waals surface area contributed by atoms with Crippen molar-refractivity contribution in [1.29, 1.82) is 0 Å². The van der Waals surface area contributed by atoms with Gasteiger partial charge in [0.05, 0.1) is 6.60 Å². The lowest BCUT2D eigenvalue weighted by atomic mass is 8.72. The van der Waals surface area contributed by atoms with Crippen LogP contribution < -0.4 is 0 Å². The van der Waals surface area contributed by atoms with E-state index in [1.54, 1.807) is 0 Å². The number of hydrogen-bond donors (Lipinski definition) is 0. The van der Waals surface area contributed by atoms with E-state index in [4.69, 9.17) is 23.2 Å². The van der Waals surface area contributed by atoms with Gasteiger partial charge >= 0.3 is 0 Å². The van der Waals surface area contributed by atoms with Crippen LogP contribution in [0.5, 0.6) is 0 Å². The van der Waals surface area contributed by atoms with Crippen molar-refractivity contribution in [3.05, 3.63) is 0 Å². The summed E-state index contributed by atoms with van der Waals surface area (Å²) in [5.41, 5.74) is 0. The van der Waals surface area contributed by atoms with Crippen molar-refractivity contribution in [1.82, 2.24) is 0 Å². The molecule has 0 amide bonds. The Labute approximate surface area is 81.4 Å². The quantitative estimate of drug-likeness (QED) is 0.492. The summed E-state index contributed by atoms with van der Waals surface area (Å²) in [4.78, 5) is 0. The van der Waals surface area contributed by atoms with Gasteiger partial charge in [-0.05, 0) is 0 Å². The fraction of sp³-hybridized carbons (Fsp3) is 1.00. The molecule has 1 aliphatic heterocycles. The predicted molar refractivity (Wildman–Crippen MR) is 62.6 cm³/mol. The lowest BCUT2D eigenvalue weighted by Gasteiger charge is -2.32. The third kappa shape index (κ3) is 2.44. The van der Waals surface area contributed by atoms with Crippen molar-refractivity contribution in [2.45, 2.75) is 38.3 Å². The second-order valence-electron chi connectivity index (χ2n) is 4.08. The summed E-state index contributed by atoms with van der Waals surface area (Å²) >= 11 is 0. The van der Waals surface area contributed by atoms with Gasteiger partial charge in [-0.3, -0.25) is 0 Å². The summed E-state index contributed by atoms with van der Waals surface area (Å²) in [5, 5.41) is 0. The maximum absolute atomic E-state index is 5.93. The Morgan fingerprint density at radius 2 is 1.92 bits per heavy atom. The van der Waals surface area contributed by atoms with E-state index < -0.39 is 0 Å². The molecule has 6 radical (unpaired) electrons. The maximum atomic E-state index is 5.93. The average molecular weight is 149 g/mol. The van der Waals surface area contributed by atoms with Gasteiger partial charge in [0.2, 0.25) is 0 Å².